The molecule has 0 fully saturated rings. The summed E-state index contributed by atoms with van der Waals surface area (Å²) in [7, 11) is 0. The Hall–Kier alpha value is -2.80. The predicted octanol–water partition coefficient (Wildman–Crippen LogP) is 2.84. The van der Waals surface area contributed by atoms with Crippen LogP contribution < -0.4 is 0 Å². The van der Waals surface area contributed by atoms with E-state index in [9.17, 15) is 4.79 Å². The molecule has 6 nitrogen and oxygen atoms in total. The zero-order valence-electron chi connectivity index (χ0n) is 12.6. The number of fused-ring (bicyclic) bond motifs is 1. The number of hydrogen-bond acceptors (Lipinski definition) is 5. The van der Waals surface area contributed by atoms with E-state index in [1.165, 1.54) is 5.01 Å². The molecular weight excluding hydrogens is 324 g/mol. The minimum absolute atomic E-state index is 0.0395. The lowest BCUT2D eigenvalue weighted by Gasteiger charge is -2.33. The van der Waals surface area contributed by atoms with Crippen molar-refractivity contribution in [1.82, 2.24) is 15.2 Å². The van der Waals surface area contributed by atoms with Gasteiger partial charge in [0.2, 0.25) is 0 Å². The summed E-state index contributed by atoms with van der Waals surface area (Å²) >= 11 is 4.95. The number of hydrazone groups is 1. The summed E-state index contributed by atoms with van der Waals surface area (Å²) in [5, 5.41) is 12.7. The molecule has 0 bridgehead atoms. The molecule has 2 aliphatic rings. The third-order valence-electron chi connectivity index (χ3n) is 4.05. The maximum absolute atomic E-state index is 12.8. The molecule has 0 spiro atoms. The molecule has 1 aliphatic heterocycles. The largest absolute Gasteiger partial charge is 0.408 e. The van der Waals surface area contributed by atoms with E-state index < -0.39 is 0 Å². The van der Waals surface area contributed by atoms with Gasteiger partial charge in [0.05, 0.1) is 12.5 Å². The molecule has 0 saturated carbocycles. The summed E-state index contributed by atoms with van der Waals surface area (Å²) in [6, 6.07) is 9.74. The minimum Gasteiger partial charge on any atom is -0.408 e. The number of nitrogens with one attached hydrogen (secondary N) is 1. The Morgan fingerprint density at radius 1 is 1.17 bits per heavy atom. The van der Waals surface area contributed by atoms with Crippen molar-refractivity contribution in [3.05, 3.63) is 70.9 Å². The first-order valence-corrected chi connectivity index (χ1v) is 7.98. The number of benzene rings is 1. The Morgan fingerprint density at radius 3 is 2.62 bits per heavy atom. The molecule has 2 atom stereocenters. The monoisotopic (exact) mass is 338 g/mol. The quantitative estimate of drug-likeness (QED) is 0.873. The number of carbonyl (C=O) groups is 1. The standard InChI is InChI=1S/C17H14N4O2S/c22-16-13-9-5-4-8-12(13)14(15-18-19-17(24)23-15)20-21(16)10-11-6-2-1-3-7-11/h1-9,12-13H,10H2,(H,19,24)/t12-,13-/m0/s1. The summed E-state index contributed by atoms with van der Waals surface area (Å²) in [5.41, 5.74) is 1.61. The number of aromatic nitrogens is 2. The van der Waals surface area contributed by atoms with E-state index in [0.717, 1.165) is 5.56 Å². The Kier molecular flexibility index (Phi) is 3.70. The van der Waals surface area contributed by atoms with Crippen LogP contribution in [0.15, 0.2) is 64.2 Å². The van der Waals surface area contributed by atoms with E-state index in [0.29, 0.717) is 18.1 Å². The van der Waals surface area contributed by atoms with E-state index in [4.69, 9.17) is 16.6 Å². The second-order valence-electron chi connectivity index (χ2n) is 5.61. The highest BCUT2D eigenvalue weighted by molar-refractivity contribution is 7.71. The molecule has 1 N–H and O–H groups in total. The Balaban J connectivity index is 1.75. The van der Waals surface area contributed by atoms with Crippen LogP contribution in [0, 0.1) is 16.7 Å². The van der Waals surface area contributed by atoms with Gasteiger partial charge in [0.15, 0.2) is 0 Å². The summed E-state index contributed by atoms with van der Waals surface area (Å²) < 4.78 is 5.43. The number of amides is 1. The third-order valence-corrected chi connectivity index (χ3v) is 4.23. The van der Waals surface area contributed by atoms with Crippen molar-refractivity contribution in [2.24, 2.45) is 16.9 Å². The van der Waals surface area contributed by atoms with Gasteiger partial charge in [-0.1, -0.05) is 54.6 Å². The molecule has 1 amide bonds. The highest BCUT2D eigenvalue weighted by atomic mass is 32.1. The van der Waals surface area contributed by atoms with Gasteiger partial charge >= 0.3 is 0 Å². The van der Waals surface area contributed by atoms with E-state index >= 15 is 0 Å². The highest BCUT2D eigenvalue weighted by Gasteiger charge is 2.39. The highest BCUT2D eigenvalue weighted by Crippen LogP contribution is 2.31. The number of carbonyl (C=O) groups excluding carboxylic acids is 1. The minimum atomic E-state index is -0.313. The van der Waals surface area contributed by atoms with Crippen LogP contribution in [0.4, 0.5) is 0 Å². The zero-order valence-corrected chi connectivity index (χ0v) is 13.4. The van der Waals surface area contributed by atoms with Gasteiger partial charge in [0.1, 0.15) is 5.71 Å². The molecule has 0 unspecified atom stereocenters. The van der Waals surface area contributed by atoms with Crippen LogP contribution in [0.2, 0.25) is 0 Å². The van der Waals surface area contributed by atoms with Gasteiger partial charge in [0, 0.05) is 5.92 Å². The van der Waals surface area contributed by atoms with Crippen molar-refractivity contribution < 1.29 is 9.21 Å². The Bertz CT molecular complexity index is 910. The molecule has 24 heavy (non-hydrogen) atoms. The zero-order chi connectivity index (χ0) is 16.5. The van der Waals surface area contributed by atoms with Crippen molar-refractivity contribution in [3.8, 4) is 0 Å². The third kappa shape index (κ3) is 2.63. The van der Waals surface area contributed by atoms with Crippen LogP contribution in [0.3, 0.4) is 0 Å². The molecule has 120 valence electrons. The maximum atomic E-state index is 12.8. The number of rotatable bonds is 3. The average Bonchev–Trinajstić information content (AvgIpc) is 3.05. The van der Waals surface area contributed by atoms with Crippen LogP contribution in [0.1, 0.15) is 11.5 Å². The Labute approximate surface area is 143 Å². The summed E-state index contributed by atoms with van der Waals surface area (Å²) in [6.07, 6.45) is 7.61. The van der Waals surface area contributed by atoms with Crippen molar-refractivity contribution in [2.75, 3.05) is 0 Å². The molecular formula is C17H14N4O2S. The maximum Gasteiger partial charge on any atom is 0.284 e. The lowest BCUT2D eigenvalue weighted by Crippen LogP contribution is -2.43. The van der Waals surface area contributed by atoms with Crippen LogP contribution in [-0.2, 0) is 11.3 Å². The van der Waals surface area contributed by atoms with Crippen LogP contribution in [-0.4, -0.2) is 26.8 Å². The molecule has 1 aliphatic carbocycles. The molecule has 7 heteroatoms. The lowest BCUT2D eigenvalue weighted by molar-refractivity contribution is -0.136. The van der Waals surface area contributed by atoms with Gasteiger partial charge in [-0.05, 0) is 17.8 Å². The first-order valence-electron chi connectivity index (χ1n) is 7.57. The van der Waals surface area contributed by atoms with Gasteiger partial charge in [0.25, 0.3) is 16.6 Å². The van der Waals surface area contributed by atoms with Gasteiger partial charge < -0.3 is 4.42 Å². The number of aromatic amines is 1. The summed E-state index contributed by atoms with van der Waals surface area (Å²) in [4.78, 5) is 13.0. The Morgan fingerprint density at radius 2 is 1.92 bits per heavy atom. The van der Waals surface area contributed by atoms with Crippen LogP contribution in [0.5, 0.6) is 0 Å². The van der Waals surface area contributed by atoms with Crippen molar-refractivity contribution in [1.29, 1.82) is 0 Å². The topological polar surface area (TPSA) is 74.5 Å². The average molecular weight is 338 g/mol. The first-order chi connectivity index (χ1) is 11.7. The van der Waals surface area contributed by atoms with Crippen molar-refractivity contribution in [3.63, 3.8) is 0 Å². The molecule has 2 heterocycles. The smallest absolute Gasteiger partial charge is 0.284 e. The van der Waals surface area contributed by atoms with E-state index in [1.807, 2.05) is 54.6 Å². The normalized spacial score (nSPS) is 22.4. The SMILES string of the molecule is O=C1[C@H]2C=CC=C[C@@H]2C(c2n[nH]c(=S)o2)=NN1Cc1ccccc1. The molecule has 1 aromatic carbocycles. The number of nitrogens with zero attached hydrogens (tertiary/aromatic N) is 3. The fourth-order valence-electron chi connectivity index (χ4n) is 2.92. The predicted molar refractivity (Wildman–Crippen MR) is 90.5 cm³/mol. The van der Waals surface area contributed by atoms with Gasteiger partial charge in [-0.3, -0.25) is 4.79 Å². The molecule has 0 saturated heterocycles. The first kappa shape index (κ1) is 14.8. The van der Waals surface area contributed by atoms with Gasteiger partial charge in [-0.15, -0.1) is 5.10 Å². The second-order valence-corrected chi connectivity index (χ2v) is 5.98. The molecule has 4 rings (SSSR count). The molecule has 2 aromatic rings. The van der Waals surface area contributed by atoms with E-state index in [2.05, 4.69) is 15.3 Å². The number of hydrogen-bond donors (Lipinski definition) is 1. The van der Waals surface area contributed by atoms with Gasteiger partial charge in [-0.25, -0.2) is 10.1 Å². The van der Waals surface area contributed by atoms with E-state index in [1.54, 1.807) is 0 Å². The summed E-state index contributed by atoms with van der Waals surface area (Å²) in [5.74, 6) is -0.231. The van der Waals surface area contributed by atoms with Crippen LogP contribution in [0.25, 0.3) is 0 Å². The fourth-order valence-corrected chi connectivity index (χ4v) is 3.04. The second kappa shape index (κ2) is 6.01. The van der Waals surface area contributed by atoms with Crippen molar-refractivity contribution >= 4 is 23.8 Å². The fraction of sp³-hybridized carbons (Fsp3) is 0.176. The van der Waals surface area contributed by atoms with E-state index in [-0.39, 0.29) is 22.6 Å². The van der Waals surface area contributed by atoms with Gasteiger partial charge in [-0.2, -0.15) is 5.10 Å². The van der Waals surface area contributed by atoms with Crippen molar-refractivity contribution in [2.45, 2.75) is 6.54 Å². The lowest BCUT2D eigenvalue weighted by atomic mass is 9.82. The molecule has 0 radical (unpaired) electrons. The van der Waals surface area contributed by atoms with Crippen LogP contribution >= 0.6 is 12.2 Å². The number of allylic oxidation sites excluding steroid dienone is 3. The molecule has 1 aromatic heterocycles. The summed E-state index contributed by atoms with van der Waals surface area (Å²) in [6.45, 7) is 0.398. The number of H-pyrrole nitrogens is 1.